The van der Waals surface area contributed by atoms with Crippen molar-refractivity contribution in [3.63, 3.8) is 0 Å². The van der Waals surface area contributed by atoms with Crippen molar-refractivity contribution in [2.75, 3.05) is 6.61 Å². The maximum atomic E-state index is 12.9. The summed E-state index contributed by atoms with van der Waals surface area (Å²) in [6.07, 6.45) is -8.65. The van der Waals surface area contributed by atoms with Crippen molar-refractivity contribution in [3.8, 4) is 0 Å². The van der Waals surface area contributed by atoms with E-state index in [1.54, 1.807) is 0 Å². The van der Waals surface area contributed by atoms with Crippen molar-refractivity contribution >= 4 is 17.6 Å². The molecule has 0 aliphatic carbocycles. The minimum absolute atomic E-state index is 0.0803. The van der Waals surface area contributed by atoms with Crippen LogP contribution in [0.2, 0.25) is 5.15 Å². The van der Waals surface area contributed by atoms with Crippen molar-refractivity contribution in [2.45, 2.75) is 25.9 Å². The second-order valence-electron chi connectivity index (χ2n) is 3.64. The predicted molar refractivity (Wildman–Crippen MR) is 59.5 cm³/mol. The van der Waals surface area contributed by atoms with Gasteiger partial charge in [0.25, 0.3) is 6.43 Å². The third-order valence-corrected chi connectivity index (χ3v) is 2.61. The summed E-state index contributed by atoms with van der Waals surface area (Å²) in [5.74, 6) is -1.05. The summed E-state index contributed by atoms with van der Waals surface area (Å²) in [7, 11) is 0. The number of rotatable bonds is 4. The lowest BCUT2D eigenvalue weighted by atomic mass is 10.0. The normalized spacial score (nSPS) is 11.8. The standard InChI is InChI=1S/C11H9ClF5NO2/c1-2-20-7(19)3-5-6(10(13)14)4-18-9(12)8(5)11(15,16)17/h4,10H,2-3H2,1H3. The summed E-state index contributed by atoms with van der Waals surface area (Å²) in [6.45, 7) is 1.36. The van der Waals surface area contributed by atoms with Gasteiger partial charge in [0.15, 0.2) is 0 Å². The second kappa shape index (κ2) is 6.34. The summed E-state index contributed by atoms with van der Waals surface area (Å²) in [5.41, 5.74) is -3.44. The highest BCUT2D eigenvalue weighted by atomic mass is 35.5. The molecule has 0 aliphatic heterocycles. The maximum Gasteiger partial charge on any atom is 0.419 e. The molecule has 0 aromatic carbocycles. The first kappa shape index (κ1) is 16.6. The van der Waals surface area contributed by atoms with Crippen LogP contribution in [-0.2, 0) is 22.1 Å². The third-order valence-electron chi connectivity index (χ3n) is 2.32. The van der Waals surface area contributed by atoms with Crippen LogP contribution in [0.4, 0.5) is 22.0 Å². The lowest BCUT2D eigenvalue weighted by Crippen LogP contribution is -2.18. The molecule has 1 aromatic heterocycles. The zero-order valence-corrected chi connectivity index (χ0v) is 10.9. The zero-order valence-electron chi connectivity index (χ0n) is 10.1. The molecule has 0 saturated carbocycles. The Labute approximate surface area is 115 Å². The van der Waals surface area contributed by atoms with Crippen molar-refractivity contribution in [3.05, 3.63) is 28.0 Å². The highest BCUT2D eigenvalue weighted by Gasteiger charge is 2.39. The molecule has 0 bridgehead atoms. The fourth-order valence-electron chi connectivity index (χ4n) is 1.56. The molecule has 0 atom stereocenters. The topological polar surface area (TPSA) is 39.2 Å². The molecule has 0 spiro atoms. The molecule has 0 aliphatic rings. The number of hydrogen-bond acceptors (Lipinski definition) is 3. The number of ether oxygens (including phenoxy) is 1. The van der Waals surface area contributed by atoms with Crippen LogP contribution in [-0.4, -0.2) is 17.6 Å². The number of nitrogens with zero attached hydrogens (tertiary/aromatic N) is 1. The molecular formula is C11H9ClF5NO2. The summed E-state index contributed by atoms with van der Waals surface area (Å²) in [6, 6.07) is 0. The lowest BCUT2D eigenvalue weighted by molar-refractivity contribution is -0.143. The van der Waals surface area contributed by atoms with E-state index in [0.717, 1.165) is 0 Å². The Morgan fingerprint density at radius 1 is 1.45 bits per heavy atom. The number of esters is 1. The number of alkyl halides is 5. The second-order valence-corrected chi connectivity index (χ2v) is 4.00. The molecule has 1 heterocycles. The number of carbonyl (C=O) groups excluding carboxylic acids is 1. The number of pyridine rings is 1. The van der Waals surface area contributed by atoms with E-state index in [2.05, 4.69) is 9.72 Å². The molecule has 112 valence electrons. The Balaban J connectivity index is 3.41. The van der Waals surface area contributed by atoms with Gasteiger partial charge in [-0.25, -0.2) is 13.8 Å². The lowest BCUT2D eigenvalue weighted by Gasteiger charge is -2.16. The van der Waals surface area contributed by atoms with E-state index in [9.17, 15) is 26.7 Å². The Morgan fingerprint density at radius 2 is 2.05 bits per heavy atom. The van der Waals surface area contributed by atoms with Crippen LogP contribution in [0.25, 0.3) is 0 Å². The molecule has 0 fully saturated rings. The van der Waals surface area contributed by atoms with Crippen LogP contribution < -0.4 is 0 Å². The van der Waals surface area contributed by atoms with E-state index in [4.69, 9.17) is 11.6 Å². The molecule has 3 nitrogen and oxygen atoms in total. The molecule has 20 heavy (non-hydrogen) atoms. The molecule has 9 heteroatoms. The molecule has 0 N–H and O–H groups in total. The highest BCUT2D eigenvalue weighted by molar-refractivity contribution is 6.30. The molecule has 0 saturated heterocycles. The quantitative estimate of drug-likeness (QED) is 0.482. The molecule has 0 unspecified atom stereocenters. The molecule has 0 radical (unpaired) electrons. The highest BCUT2D eigenvalue weighted by Crippen LogP contribution is 2.39. The average molecular weight is 318 g/mol. The van der Waals surface area contributed by atoms with E-state index in [0.29, 0.717) is 6.20 Å². The van der Waals surface area contributed by atoms with Crippen LogP contribution in [0.1, 0.15) is 30.0 Å². The zero-order chi connectivity index (χ0) is 15.5. The Kier molecular flexibility index (Phi) is 5.27. The fraction of sp³-hybridized carbons (Fsp3) is 0.455. The van der Waals surface area contributed by atoms with Gasteiger partial charge in [0.05, 0.1) is 18.6 Å². The Hall–Kier alpha value is -1.44. The van der Waals surface area contributed by atoms with Gasteiger partial charge in [-0.05, 0) is 12.5 Å². The maximum absolute atomic E-state index is 12.9. The summed E-state index contributed by atoms with van der Waals surface area (Å²) < 4.78 is 68.6. The monoisotopic (exact) mass is 317 g/mol. The predicted octanol–water partition coefficient (Wildman–Crippen LogP) is 3.80. The number of aromatic nitrogens is 1. The van der Waals surface area contributed by atoms with Crippen molar-refractivity contribution in [2.24, 2.45) is 0 Å². The van der Waals surface area contributed by atoms with Gasteiger partial charge in [-0.1, -0.05) is 11.6 Å². The molecule has 1 aromatic rings. The first-order valence-electron chi connectivity index (χ1n) is 5.36. The van der Waals surface area contributed by atoms with Crippen LogP contribution in [0, 0.1) is 0 Å². The van der Waals surface area contributed by atoms with E-state index in [1.165, 1.54) is 6.92 Å². The summed E-state index contributed by atoms with van der Waals surface area (Å²) in [4.78, 5) is 14.4. The largest absolute Gasteiger partial charge is 0.466 e. The van der Waals surface area contributed by atoms with Gasteiger partial charge >= 0.3 is 12.1 Å². The van der Waals surface area contributed by atoms with E-state index < -0.39 is 46.8 Å². The molecule has 1 rings (SSSR count). The minimum atomic E-state index is -5.00. The third kappa shape index (κ3) is 3.78. The van der Waals surface area contributed by atoms with Gasteiger partial charge in [0, 0.05) is 11.8 Å². The first-order chi connectivity index (χ1) is 9.18. The molecular weight excluding hydrogens is 309 g/mol. The number of halogens is 6. The van der Waals surface area contributed by atoms with Gasteiger partial charge in [-0.2, -0.15) is 13.2 Å². The van der Waals surface area contributed by atoms with Gasteiger partial charge in [-0.3, -0.25) is 4.79 Å². The van der Waals surface area contributed by atoms with Gasteiger partial charge < -0.3 is 4.74 Å². The summed E-state index contributed by atoms with van der Waals surface area (Å²) in [5, 5.41) is -0.985. The van der Waals surface area contributed by atoms with Gasteiger partial charge in [-0.15, -0.1) is 0 Å². The molecule has 0 amide bonds. The van der Waals surface area contributed by atoms with Crippen LogP contribution >= 0.6 is 11.6 Å². The van der Waals surface area contributed by atoms with Crippen molar-refractivity contribution < 1.29 is 31.5 Å². The number of carbonyl (C=O) groups is 1. The van der Waals surface area contributed by atoms with Crippen molar-refractivity contribution in [1.29, 1.82) is 0 Å². The SMILES string of the molecule is CCOC(=O)Cc1c(C(F)F)cnc(Cl)c1C(F)(F)F. The van der Waals surface area contributed by atoms with Gasteiger partial charge in [0.1, 0.15) is 5.15 Å². The van der Waals surface area contributed by atoms with E-state index in [-0.39, 0.29) is 6.61 Å². The van der Waals surface area contributed by atoms with E-state index >= 15 is 0 Å². The van der Waals surface area contributed by atoms with Gasteiger partial charge in [0.2, 0.25) is 0 Å². The Morgan fingerprint density at radius 3 is 2.50 bits per heavy atom. The number of hydrogen-bond donors (Lipinski definition) is 0. The average Bonchev–Trinajstić information content (AvgIpc) is 2.26. The van der Waals surface area contributed by atoms with Crippen molar-refractivity contribution in [1.82, 2.24) is 4.98 Å². The summed E-state index contributed by atoms with van der Waals surface area (Å²) >= 11 is 5.32. The van der Waals surface area contributed by atoms with E-state index in [1.807, 2.05) is 0 Å². The minimum Gasteiger partial charge on any atom is -0.466 e. The van der Waals surface area contributed by atoms with Crippen LogP contribution in [0.3, 0.4) is 0 Å². The fourth-order valence-corrected chi connectivity index (χ4v) is 1.83. The van der Waals surface area contributed by atoms with Crippen LogP contribution in [0.15, 0.2) is 6.20 Å². The Bertz CT molecular complexity index is 504. The van der Waals surface area contributed by atoms with Crippen LogP contribution in [0.5, 0.6) is 0 Å². The smallest absolute Gasteiger partial charge is 0.419 e. The first-order valence-corrected chi connectivity index (χ1v) is 5.74.